The van der Waals surface area contributed by atoms with Crippen molar-refractivity contribution < 1.29 is 33.3 Å². The second-order valence-corrected chi connectivity index (χ2v) is 8.10. The normalized spacial score (nSPS) is 21.8. The molecule has 0 aliphatic heterocycles. The summed E-state index contributed by atoms with van der Waals surface area (Å²) in [6.45, 7) is 8.39. The zero-order valence-electron chi connectivity index (χ0n) is 17.7. The van der Waals surface area contributed by atoms with Crippen molar-refractivity contribution in [1.82, 2.24) is 5.16 Å². The van der Waals surface area contributed by atoms with Crippen LogP contribution in [0.3, 0.4) is 0 Å². The first-order chi connectivity index (χ1) is 13.8. The molecule has 164 valence electrons. The lowest BCUT2D eigenvalue weighted by Gasteiger charge is -2.36. The molecule has 1 aliphatic rings. The molecule has 1 saturated carbocycles. The summed E-state index contributed by atoms with van der Waals surface area (Å²) in [6, 6.07) is 0. The highest BCUT2D eigenvalue weighted by Crippen LogP contribution is 2.35. The molecule has 3 atom stereocenters. The molecule has 0 bridgehead atoms. The van der Waals surface area contributed by atoms with E-state index in [9.17, 15) is 14.8 Å². The molecule has 1 aromatic heterocycles. The zero-order valence-corrected chi connectivity index (χ0v) is 17.7. The van der Waals surface area contributed by atoms with E-state index in [1.807, 2.05) is 0 Å². The second kappa shape index (κ2) is 11.0. The number of carbonyl (C=O) groups excluding carboxylic acids is 2. The summed E-state index contributed by atoms with van der Waals surface area (Å²) in [7, 11) is 0. The van der Waals surface area contributed by atoms with Gasteiger partial charge in [0, 0.05) is 13.3 Å². The van der Waals surface area contributed by atoms with E-state index in [-0.39, 0.29) is 54.6 Å². The van der Waals surface area contributed by atoms with Gasteiger partial charge in [-0.2, -0.15) is 0 Å². The molecule has 0 spiro atoms. The van der Waals surface area contributed by atoms with Crippen LogP contribution in [0.15, 0.2) is 4.63 Å². The van der Waals surface area contributed by atoms with Gasteiger partial charge >= 0.3 is 17.8 Å². The minimum Gasteiger partial charge on any atom is -0.466 e. The summed E-state index contributed by atoms with van der Waals surface area (Å²) in [5, 5.41) is 14.5. The molecule has 1 heterocycles. The van der Waals surface area contributed by atoms with Gasteiger partial charge in [-0.25, -0.2) is 0 Å². The van der Waals surface area contributed by atoms with Gasteiger partial charge in [0.15, 0.2) is 0 Å². The summed E-state index contributed by atoms with van der Waals surface area (Å²) in [5.41, 5.74) is 0.229. The monoisotopic (exact) mass is 412 g/mol. The van der Waals surface area contributed by atoms with E-state index in [2.05, 4.69) is 30.6 Å². The molecule has 9 heteroatoms. The highest BCUT2D eigenvalue weighted by atomic mass is 16.8. The third kappa shape index (κ3) is 7.21. The number of hydrogen-bond donors (Lipinski definition) is 0. The van der Waals surface area contributed by atoms with E-state index in [0.29, 0.717) is 24.2 Å². The zero-order chi connectivity index (χ0) is 21.4. The van der Waals surface area contributed by atoms with Crippen molar-refractivity contribution >= 4 is 11.9 Å². The van der Waals surface area contributed by atoms with Crippen molar-refractivity contribution in [2.24, 2.45) is 17.8 Å². The summed E-state index contributed by atoms with van der Waals surface area (Å²) in [5.74, 6) is 0.719. The lowest BCUT2D eigenvalue weighted by atomic mass is 9.75. The topological polar surface area (TPSA) is 115 Å². The molecule has 1 aliphatic carbocycles. The van der Waals surface area contributed by atoms with Crippen molar-refractivity contribution in [3.63, 3.8) is 0 Å². The fourth-order valence-electron chi connectivity index (χ4n) is 3.58. The Hall–Kier alpha value is -2.32. The Morgan fingerprint density at radius 1 is 1.24 bits per heavy atom. The number of rotatable bonds is 10. The van der Waals surface area contributed by atoms with Gasteiger partial charge in [0.05, 0.1) is 31.2 Å². The molecule has 0 saturated heterocycles. The maximum absolute atomic E-state index is 12.2. The summed E-state index contributed by atoms with van der Waals surface area (Å²) >= 11 is 0. The molecule has 0 aromatic carbocycles. The Bertz CT molecular complexity index is 674. The van der Waals surface area contributed by atoms with Crippen LogP contribution in [-0.2, 0) is 19.1 Å². The van der Waals surface area contributed by atoms with Crippen LogP contribution in [0.25, 0.3) is 0 Å². The lowest BCUT2D eigenvalue weighted by Crippen LogP contribution is -2.35. The molecule has 0 unspecified atom stereocenters. The molecule has 1 fully saturated rings. The SMILES string of the molecule is Cc1c(OCCCOC(=O)CCC(=O)O[C@@H]2C[C@H](C)CC[C@H]2C(C)C)no[n+]1[O-]. The fourth-order valence-corrected chi connectivity index (χ4v) is 3.58. The molecule has 1 aromatic rings. The van der Waals surface area contributed by atoms with Gasteiger partial charge in [0.2, 0.25) is 5.69 Å². The van der Waals surface area contributed by atoms with E-state index in [1.165, 1.54) is 13.3 Å². The Labute approximate surface area is 171 Å². The maximum atomic E-state index is 12.2. The van der Waals surface area contributed by atoms with Crippen molar-refractivity contribution in [1.29, 1.82) is 0 Å². The maximum Gasteiger partial charge on any atom is 0.397 e. The molecule has 0 radical (unpaired) electrons. The quantitative estimate of drug-likeness (QED) is 0.327. The molecule has 0 N–H and O–H groups in total. The predicted molar refractivity (Wildman–Crippen MR) is 102 cm³/mol. The Morgan fingerprint density at radius 3 is 2.62 bits per heavy atom. The predicted octanol–water partition coefficient (Wildman–Crippen LogP) is 2.71. The van der Waals surface area contributed by atoms with Crippen LogP contribution in [-0.4, -0.2) is 36.4 Å². The van der Waals surface area contributed by atoms with Gasteiger partial charge in [0.25, 0.3) is 0 Å². The highest BCUT2D eigenvalue weighted by molar-refractivity contribution is 5.77. The van der Waals surface area contributed by atoms with Crippen LogP contribution in [0.4, 0.5) is 0 Å². The van der Waals surface area contributed by atoms with E-state index in [0.717, 1.165) is 12.8 Å². The van der Waals surface area contributed by atoms with Gasteiger partial charge in [-0.1, -0.05) is 27.2 Å². The molecular weight excluding hydrogens is 380 g/mol. The van der Waals surface area contributed by atoms with Crippen LogP contribution in [0.1, 0.15) is 65.0 Å². The van der Waals surface area contributed by atoms with Crippen LogP contribution in [0.5, 0.6) is 5.88 Å². The van der Waals surface area contributed by atoms with Gasteiger partial charge < -0.3 is 19.4 Å². The summed E-state index contributed by atoms with van der Waals surface area (Å²) in [4.78, 5) is 24.2. The average molecular weight is 412 g/mol. The standard InChI is InChI=1S/C20H32N2O7/c1-13(2)16-7-6-14(3)12-17(16)28-19(24)9-8-18(23)26-10-5-11-27-20-15(4)22(25)29-21-20/h13-14,16-17H,5-12H2,1-4H3/t14-,16+,17-/m1/s1. The average Bonchev–Trinajstić information content (AvgIpc) is 2.98. The summed E-state index contributed by atoms with van der Waals surface area (Å²) in [6.07, 6.45) is 3.50. The molecule has 29 heavy (non-hydrogen) atoms. The Kier molecular flexibility index (Phi) is 8.72. The van der Waals surface area contributed by atoms with Crippen molar-refractivity contribution in [2.75, 3.05) is 13.2 Å². The van der Waals surface area contributed by atoms with Gasteiger partial charge in [-0.15, -0.1) is 0 Å². The lowest BCUT2D eigenvalue weighted by molar-refractivity contribution is -0.806. The van der Waals surface area contributed by atoms with Crippen LogP contribution in [0, 0.1) is 29.9 Å². The van der Waals surface area contributed by atoms with Crippen LogP contribution < -0.4 is 9.64 Å². The minimum absolute atomic E-state index is 0.00706. The molecule has 0 amide bonds. The van der Waals surface area contributed by atoms with Gasteiger partial charge in [-0.3, -0.25) is 14.2 Å². The van der Waals surface area contributed by atoms with Crippen LogP contribution >= 0.6 is 0 Å². The number of aromatic nitrogens is 2. The van der Waals surface area contributed by atoms with Crippen molar-refractivity contribution in [2.45, 2.75) is 72.3 Å². The fraction of sp³-hybridized carbons (Fsp3) is 0.800. The third-order valence-corrected chi connectivity index (χ3v) is 5.35. The Balaban J connectivity index is 1.60. The molecule has 2 rings (SSSR count). The smallest absolute Gasteiger partial charge is 0.397 e. The van der Waals surface area contributed by atoms with Crippen molar-refractivity contribution in [3.05, 3.63) is 10.9 Å². The number of hydrogen-bond acceptors (Lipinski definition) is 8. The van der Waals surface area contributed by atoms with Gasteiger partial charge in [0.1, 0.15) is 6.10 Å². The van der Waals surface area contributed by atoms with E-state index in [1.54, 1.807) is 0 Å². The van der Waals surface area contributed by atoms with E-state index >= 15 is 0 Å². The van der Waals surface area contributed by atoms with E-state index in [4.69, 9.17) is 14.2 Å². The van der Waals surface area contributed by atoms with E-state index < -0.39 is 5.97 Å². The first-order valence-corrected chi connectivity index (χ1v) is 10.3. The van der Waals surface area contributed by atoms with Gasteiger partial charge in [-0.05, 0) is 35.5 Å². The first-order valence-electron chi connectivity index (χ1n) is 10.3. The number of ether oxygens (including phenoxy) is 3. The minimum atomic E-state index is -0.450. The largest absolute Gasteiger partial charge is 0.466 e. The van der Waals surface area contributed by atoms with Crippen LogP contribution in [0.2, 0.25) is 0 Å². The highest BCUT2D eigenvalue weighted by Gasteiger charge is 2.33. The number of nitrogens with zero attached hydrogens (tertiary/aromatic N) is 2. The third-order valence-electron chi connectivity index (χ3n) is 5.35. The van der Waals surface area contributed by atoms with Crippen molar-refractivity contribution in [3.8, 4) is 5.88 Å². The number of carbonyl (C=O) groups is 2. The molecular formula is C20H32N2O7. The second-order valence-electron chi connectivity index (χ2n) is 8.10. The first kappa shape index (κ1) is 23.0. The summed E-state index contributed by atoms with van der Waals surface area (Å²) < 4.78 is 20.4. The Morgan fingerprint density at radius 2 is 1.97 bits per heavy atom. The number of esters is 2. The molecule has 9 nitrogen and oxygen atoms in total.